The minimum atomic E-state index is -0.103. The highest BCUT2D eigenvalue weighted by atomic mass is 15.2. The molecule has 0 fully saturated rings. The third-order valence-corrected chi connectivity index (χ3v) is 13.6. The van der Waals surface area contributed by atoms with Crippen LogP contribution in [-0.4, -0.2) is 4.98 Å². The molecule has 2 nitrogen and oxygen atoms in total. The molecule has 4 aliphatic rings. The van der Waals surface area contributed by atoms with Crippen LogP contribution in [0.4, 0.5) is 17.2 Å². The van der Waals surface area contributed by atoms with Crippen LogP contribution < -0.4 is 4.90 Å². The second-order valence-electron chi connectivity index (χ2n) is 17.4. The van der Waals surface area contributed by atoms with Gasteiger partial charge in [0.25, 0.3) is 0 Å². The molecule has 8 aromatic rings. The van der Waals surface area contributed by atoms with E-state index in [-0.39, 0.29) is 5.41 Å². The Kier molecular flexibility index (Phi) is 8.37. The van der Waals surface area contributed by atoms with Gasteiger partial charge in [-0.15, -0.1) is 0 Å². The summed E-state index contributed by atoms with van der Waals surface area (Å²) in [5.74, 6) is 0.890. The Labute approximate surface area is 364 Å². The summed E-state index contributed by atoms with van der Waals surface area (Å²) in [6.45, 7) is 4.68. The standard InChI is InChI=1S/C60H44N2/c1-60(2)53-26-13-12-22-47(53)48-33-32-44(38-54(48)60)62(55-27-14-15-36-61-55)43-30-28-39(29-31-43)45-34-35-51-52-37-42(21-16-25-46(45)52)58-56(40-17-6-3-7-18-40)49-23-10-5-11-24-50(49)57(59(51)58)41-19-8-4-9-20-41/h3-4,6-36,38H,5,37H2,1-2H3. The van der Waals surface area contributed by atoms with E-state index in [9.17, 15) is 0 Å². The molecule has 0 atom stereocenters. The van der Waals surface area contributed by atoms with Crippen LogP contribution in [0.25, 0.3) is 79.4 Å². The highest BCUT2D eigenvalue weighted by molar-refractivity contribution is 6.10. The Hall–Kier alpha value is -7.55. The second-order valence-corrected chi connectivity index (χ2v) is 17.4. The molecule has 7 aromatic carbocycles. The van der Waals surface area contributed by atoms with Gasteiger partial charge < -0.3 is 0 Å². The number of pyridine rings is 1. The lowest BCUT2D eigenvalue weighted by Crippen LogP contribution is -2.17. The topological polar surface area (TPSA) is 16.1 Å². The molecule has 0 spiro atoms. The fraction of sp³-hybridized carbons (Fsp3) is 0.0833. The third kappa shape index (κ3) is 5.60. The van der Waals surface area contributed by atoms with E-state index in [4.69, 9.17) is 4.98 Å². The van der Waals surface area contributed by atoms with Gasteiger partial charge in [0.05, 0.1) is 0 Å². The minimum absolute atomic E-state index is 0.103. The van der Waals surface area contributed by atoms with E-state index in [0.29, 0.717) is 0 Å². The number of benzene rings is 7. The lowest BCUT2D eigenvalue weighted by atomic mass is 9.71. The SMILES string of the molecule is CC1(C)c2ccccc2-c2ccc(N(c3ccc(-c4ccc5c6c4C=CC=C(C6)c4c(-c6ccccc6)c6c(c(-c7ccccc7)c4-5)C=CCC=C6)cc3)c3ccccn3)cc21. The molecule has 0 saturated heterocycles. The molecule has 1 aromatic heterocycles. The first-order valence-corrected chi connectivity index (χ1v) is 21.8. The summed E-state index contributed by atoms with van der Waals surface area (Å²) in [4.78, 5) is 7.17. The van der Waals surface area contributed by atoms with E-state index >= 15 is 0 Å². The molecule has 0 amide bonds. The van der Waals surface area contributed by atoms with Gasteiger partial charge in [0.2, 0.25) is 0 Å². The fourth-order valence-corrected chi connectivity index (χ4v) is 10.7. The molecular formula is C60H44N2. The Bertz CT molecular complexity index is 3220. The van der Waals surface area contributed by atoms with Gasteiger partial charge in [-0.05, 0) is 149 Å². The van der Waals surface area contributed by atoms with E-state index in [1.807, 2.05) is 12.3 Å². The minimum Gasteiger partial charge on any atom is -0.295 e. The van der Waals surface area contributed by atoms with Crippen LogP contribution in [0.5, 0.6) is 0 Å². The van der Waals surface area contributed by atoms with Crippen molar-refractivity contribution >= 4 is 41.0 Å². The lowest BCUT2D eigenvalue weighted by Gasteiger charge is -2.32. The van der Waals surface area contributed by atoms with Crippen LogP contribution in [0.15, 0.2) is 188 Å². The van der Waals surface area contributed by atoms with Crippen molar-refractivity contribution in [1.82, 2.24) is 4.98 Å². The molecule has 4 aliphatic carbocycles. The zero-order valence-electron chi connectivity index (χ0n) is 34.9. The monoisotopic (exact) mass is 792 g/mol. The molecule has 12 rings (SSSR count). The van der Waals surface area contributed by atoms with Crippen LogP contribution >= 0.6 is 0 Å². The number of fused-ring (bicyclic) bond motifs is 8. The molecule has 0 aliphatic heterocycles. The van der Waals surface area contributed by atoms with Crippen molar-refractivity contribution in [3.8, 4) is 55.6 Å². The smallest absolute Gasteiger partial charge is 0.137 e. The number of allylic oxidation sites excluding steroid dienone is 5. The molecule has 2 heteroatoms. The van der Waals surface area contributed by atoms with Crippen LogP contribution in [0, 0.1) is 0 Å². The van der Waals surface area contributed by atoms with Gasteiger partial charge >= 0.3 is 0 Å². The fourth-order valence-electron chi connectivity index (χ4n) is 10.7. The van der Waals surface area contributed by atoms with Crippen LogP contribution in [0.3, 0.4) is 0 Å². The Morgan fingerprint density at radius 3 is 1.84 bits per heavy atom. The van der Waals surface area contributed by atoms with Crippen molar-refractivity contribution in [1.29, 1.82) is 0 Å². The molecule has 1 heterocycles. The maximum atomic E-state index is 4.88. The summed E-state index contributed by atoms with van der Waals surface area (Å²) in [6.07, 6.45) is 20.0. The number of nitrogens with zero attached hydrogens (tertiary/aromatic N) is 2. The normalized spacial score (nSPS) is 14.5. The summed E-state index contributed by atoms with van der Waals surface area (Å²) in [5.41, 5.74) is 25.6. The predicted molar refractivity (Wildman–Crippen MR) is 262 cm³/mol. The van der Waals surface area contributed by atoms with E-state index in [1.54, 1.807) is 0 Å². The number of anilines is 3. The lowest BCUT2D eigenvalue weighted by molar-refractivity contribution is 0.660. The number of hydrogen-bond acceptors (Lipinski definition) is 2. The first-order valence-electron chi connectivity index (χ1n) is 21.8. The van der Waals surface area contributed by atoms with Crippen molar-refractivity contribution in [2.75, 3.05) is 4.90 Å². The summed E-state index contributed by atoms with van der Waals surface area (Å²) in [7, 11) is 0. The molecular weight excluding hydrogens is 749 g/mol. The van der Waals surface area contributed by atoms with Crippen LogP contribution in [-0.2, 0) is 11.8 Å². The largest absolute Gasteiger partial charge is 0.295 e. The summed E-state index contributed by atoms with van der Waals surface area (Å²) in [5, 5.41) is 0. The van der Waals surface area contributed by atoms with Crippen molar-refractivity contribution in [3.63, 3.8) is 0 Å². The van der Waals surface area contributed by atoms with Crippen LogP contribution in [0.2, 0.25) is 0 Å². The van der Waals surface area contributed by atoms with Gasteiger partial charge in [-0.2, -0.15) is 0 Å². The van der Waals surface area contributed by atoms with E-state index in [1.165, 1.54) is 100 Å². The molecule has 294 valence electrons. The third-order valence-electron chi connectivity index (χ3n) is 13.6. The van der Waals surface area contributed by atoms with Gasteiger partial charge in [0.15, 0.2) is 0 Å². The number of hydrogen-bond donors (Lipinski definition) is 0. The molecule has 0 radical (unpaired) electrons. The van der Waals surface area contributed by atoms with Gasteiger partial charge in [-0.1, -0.05) is 178 Å². The highest BCUT2D eigenvalue weighted by Gasteiger charge is 2.36. The van der Waals surface area contributed by atoms with Gasteiger partial charge in [0, 0.05) is 23.0 Å². The van der Waals surface area contributed by atoms with Gasteiger partial charge in [-0.25, -0.2) is 4.98 Å². The first-order chi connectivity index (χ1) is 30.5. The molecule has 62 heavy (non-hydrogen) atoms. The Morgan fingerprint density at radius 1 is 0.484 bits per heavy atom. The van der Waals surface area contributed by atoms with E-state index < -0.39 is 0 Å². The highest BCUT2D eigenvalue weighted by Crippen LogP contribution is 2.55. The second kappa shape index (κ2) is 14.3. The first kappa shape index (κ1) is 36.3. The van der Waals surface area contributed by atoms with E-state index in [2.05, 4.69) is 213 Å². The zero-order chi connectivity index (χ0) is 41.4. The summed E-state index contributed by atoms with van der Waals surface area (Å²) >= 11 is 0. The molecule has 0 N–H and O–H groups in total. The summed E-state index contributed by atoms with van der Waals surface area (Å²) < 4.78 is 0. The zero-order valence-corrected chi connectivity index (χ0v) is 34.9. The molecule has 0 unspecified atom stereocenters. The number of rotatable bonds is 6. The quantitative estimate of drug-likeness (QED) is 0.167. The van der Waals surface area contributed by atoms with Crippen molar-refractivity contribution in [2.45, 2.75) is 32.1 Å². The number of aromatic nitrogens is 1. The predicted octanol–water partition coefficient (Wildman–Crippen LogP) is 15.9. The average molecular weight is 793 g/mol. The van der Waals surface area contributed by atoms with Crippen LogP contribution in [0.1, 0.15) is 59.2 Å². The Morgan fingerprint density at radius 2 is 1.11 bits per heavy atom. The Balaban J connectivity index is 1.01. The maximum absolute atomic E-state index is 4.88. The molecule has 2 bridgehead atoms. The maximum Gasteiger partial charge on any atom is 0.137 e. The van der Waals surface area contributed by atoms with Crippen molar-refractivity contribution in [2.24, 2.45) is 0 Å². The van der Waals surface area contributed by atoms with E-state index in [0.717, 1.165) is 30.0 Å². The van der Waals surface area contributed by atoms with Crippen molar-refractivity contribution in [3.05, 3.63) is 227 Å². The molecule has 0 saturated carbocycles. The van der Waals surface area contributed by atoms with Gasteiger partial charge in [-0.3, -0.25) is 4.90 Å². The summed E-state index contributed by atoms with van der Waals surface area (Å²) in [6, 6.07) is 57.8. The average Bonchev–Trinajstić information content (AvgIpc) is 3.56. The van der Waals surface area contributed by atoms with Gasteiger partial charge in [0.1, 0.15) is 5.82 Å². The van der Waals surface area contributed by atoms with Crippen molar-refractivity contribution < 1.29 is 0 Å².